The smallest absolute Gasteiger partial charge is 0.406 e. The highest BCUT2D eigenvalue weighted by atomic mass is 127. The first-order chi connectivity index (χ1) is 11.4. The van der Waals surface area contributed by atoms with Crippen molar-refractivity contribution in [3.63, 3.8) is 0 Å². The molecule has 0 fully saturated rings. The number of imidazole rings is 1. The fourth-order valence-corrected chi connectivity index (χ4v) is 1.93. The summed E-state index contributed by atoms with van der Waals surface area (Å²) in [6, 6.07) is 5.51. The molecule has 1 heterocycles. The van der Waals surface area contributed by atoms with Crippen molar-refractivity contribution in [2.24, 2.45) is 10.7 Å². The lowest BCUT2D eigenvalue weighted by molar-refractivity contribution is -0.274. The Morgan fingerprint density at radius 3 is 2.60 bits per heavy atom. The largest absolute Gasteiger partial charge is 0.573 e. The van der Waals surface area contributed by atoms with Gasteiger partial charge >= 0.3 is 6.36 Å². The maximum atomic E-state index is 12.1. The molecule has 2 rings (SSSR count). The molecular weight excluding hydrogens is 450 g/mol. The Hall–Kier alpha value is -1.98. The molecule has 1 aromatic carbocycles. The third-order valence-electron chi connectivity index (χ3n) is 3.05. The average Bonchev–Trinajstić information content (AvgIpc) is 3.03. The highest BCUT2D eigenvalue weighted by Crippen LogP contribution is 2.22. The summed E-state index contributed by atoms with van der Waals surface area (Å²) in [5, 5.41) is 2.98. The van der Waals surface area contributed by atoms with E-state index in [4.69, 9.17) is 5.73 Å². The van der Waals surface area contributed by atoms with Crippen LogP contribution in [-0.4, -0.2) is 28.4 Å². The molecule has 0 radical (unpaired) electrons. The molecule has 0 aliphatic heterocycles. The number of aliphatic imine (C=N–C) groups is 1. The number of nitrogens with one attached hydrogen (secondary N) is 1. The lowest BCUT2D eigenvalue weighted by Gasteiger charge is -2.09. The van der Waals surface area contributed by atoms with Crippen LogP contribution in [0.25, 0.3) is 0 Å². The molecule has 10 heteroatoms. The van der Waals surface area contributed by atoms with Gasteiger partial charge in [-0.25, -0.2) is 9.98 Å². The summed E-state index contributed by atoms with van der Waals surface area (Å²) in [6.07, 6.45) is 1.50. The highest BCUT2D eigenvalue weighted by Gasteiger charge is 2.30. The van der Waals surface area contributed by atoms with Crippen molar-refractivity contribution in [2.75, 3.05) is 6.54 Å². The Balaban J connectivity index is 0.00000312. The number of nitrogens with zero attached hydrogens (tertiary/aromatic N) is 3. The van der Waals surface area contributed by atoms with E-state index in [1.54, 1.807) is 12.5 Å². The van der Waals surface area contributed by atoms with Gasteiger partial charge in [-0.15, -0.1) is 37.1 Å². The second-order valence-corrected chi connectivity index (χ2v) is 4.97. The molecule has 25 heavy (non-hydrogen) atoms. The van der Waals surface area contributed by atoms with Gasteiger partial charge in [0.1, 0.15) is 5.75 Å². The highest BCUT2D eigenvalue weighted by molar-refractivity contribution is 14.0. The number of rotatable bonds is 7. The molecule has 0 atom stereocenters. The third kappa shape index (κ3) is 8.61. The number of nitrogens with two attached hydrogens (primary N) is 1. The molecule has 0 aliphatic rings. The molecule has 0 saturated heterocycles. The minimum Gasteiger partial charge on any atom is -0.406 e. The van der Waals surface area contributed by atoms with Crippen molar-refractivity contribution in [3.8, 4) is 5.75 Å². The second kappa shape index (κ2) is 10.1. The maximum Gasteiger partial charge on any atom is 0.573 e. The van der Waals surface area contributed by atoms with Crippen LogP contribution in [0, 0.1) is 0 Å². The molecule has 3 N–H and O–H groups in total. The van der Waals surface area contributed by atoms with Gasteiger partial charge in [-0.2, -0.15) is 0 Å². The zero-order valence-corrected chi connectivity index (χ0v) is 15.6. The van der Waals surface area contributed by atoms with Crippen molar-refractivity contribution in [3.05, 3.63) is 48.5 Å². The topological polar surface area (TPSA) is 77.5 Å². The van der Waals surface area contributed by atoms with Crippen molar-refractivity contribution < 1.29 is 17.9 Å². The lowest BCUT2D eigenvalue weighted by Crippen LogP contribution is -2.32. The second-order valence-electron chi connectivity index (χ2n) is 4.97. The van der Waals surface area contributed by atoms with E-state index >= 15 is 0 Å². The summed E-state index contributed by atoms with van der Waals surface area (Å²) >= 11 is 0. The number of aryl methyl sites for hydroxylation is 1. The molecule has 0 spiro atoms. The molecule has 0 amide bonds. The number of aromatic nitrogens is 2. The van der Waals surface area contributed by atoms with E-state index in [2.05, 4.69) is 20.0 Å². The molecule has 138 valence electrons. The molecule has 6 nitrogen and oxygen atoms in total. The predicted molar refractivity (Wildman–Crippen MR) is 98.7 cm³/mol. The Kier molecular flexibility index (Phi) is 8.52. The fraction of sp³-hybridized carbons (Fsp3) is 0.333. The van der Waals surface area contributed by atoms with Crippen molar-refractivity contribution >= 4 is 29.9 Å². The quantitative estimate of drug-likeness (QED) is 0.283. The van der Waals surface area contributed by atoms with Crippen LogP contribution in [0.4, 0.5) is 13.2 Å². The van der Waals surface area contributed by atoms with E-state index < -0.39 is 6.36 Å². The number of benzene rings is 1. The number of ether oxygens (including phenoxy) is 1. The van der Waals surface area contributed by atoms with Crippen LogP contribution in [0.15, 0.2) is 48.0 Å². The van der Waals surface area contributed by atoms with Crippen LogP contribution >= 0.6 is 24.0 Å². The molecule has 0 bridgehead atoms. The summed E-state index contributed by atoms with van der Waals surface area (Å²) in [7, 11) is 0. The van der Waals surface area contributed by atoms with Crippen LogP contribution in [-0.2, 0) is 13.1 Å². The van der Waals surface area contributed by atoms with E-state index in [1.165, 1.54) is 24.3 Å². The van der Waals surface area contributed by atoms with Crippen LogP contribution < -0.4 is 15.8 Å². The van der Waals surface area contributed by atoms with E-state index in [9.17, 15) is 13.2 Å². The van der Waals surface area contributed by atoms with Crippen LogP contribution in [0.2, 0.25) is 0 Å². The third-order valence-corrected chi connectivity index (χ3v) is 3.05. The lowest BCUT2D eigenvalue weighted by atomic mass is 10.2. The zero-order valence-electron chi connectivity index (χ0n) is 13.2. The number of guanidine groups is 1. The van der Waals surface area contributed by atoms with Crippen LogP contribution in [0.5, 0.6) is 5.75 Å². The number of hydrogen-bond acceptors (Lipinski definition) is 3. The van der Waals surface area contributed by atoms with Gasteiger partial charge in [0.25, 0.3) is 0 Å². The Labute approximate surface area is 160 Å². The van der Waals surface area contributed by atoms with Gasteiger partial charge in [0.2, 0.25) is 0 Å². The average molecular weight is 469 g/mol. The van der Waals surface area contributed by atoms with Gasteiger partial charge in [-0.3, -0.25) is 0 Å². The first-order valence-corrected chi connectivity index (χ1v) is 7.26. The SMILES string of the molecule is I.NC(=NCc1ccc(OC(F)(F)F)cc1)NCCCn1ccnc1. The van der Waals surface area contributed by atoms with E-state index in [0.29, 0.717) is 6.54 Å². The molecule has 0 saturated carbocycles. The zero-order chi connectivity index (χ0) is 17.4. The molecule has 2 aromatic rings. The summed E-state index contributed by atoms with van der Waals surface area (Å²) in [4.78, 5) is 8.08. The van der Waals surface area contributed by atoms with Gasteiger partial charge in [-0.05, 0) is 24.1 Å². The standard InChI is InChI=1S/C15H18F3N5O.HI/c16-15(17,18)24-13-4-2-12(3-5-13)10-22-14(19)21-6-1-8-23-9-7-20-11-23;/h2-5,7,9,11H,1,6,8,10H2,(H3,19,21,22);1H. The first-order valence-electron chi connectivity index (χ1n) is 7.26. The van der Waals surface area contributed by atoms with E-state index in [-0.39, 0.29) is 42.2 Å². The monoisotopic (exact) mass is 469 g/mol. The Morgan fingerprint density at radius 2 is 2.00 bits per heavy atom. The first kappa shape index (κ1) is 21.1. The molecular formula is C15H19F3IN5O. The fourth-order valence-electron chi connectivity index (χ4n) is 1.93. The van der Waals surface area contributed by atoms with E-state index in [1.807, 2.05) is 10.8 Å². The van der Waals surface area contributed by atoms with E-state index in [0.717, 1.165) is 18.5 Å². The Bertz CT molecular complexity index is 644. The van der Waals surface area contributed by atoms with Gasteiger partial charge in [0, 0.05) is 25.5 Å². The molecule has 1 aromatic heterocycles. The van der Waals surface area contributed by atoms with Crippen molar-refractivity contribution in [1.29, 1.82) is 0 Å². The number of hydrogen-bond donors (Lipinski definition) is 2. The van der Waals surface area contributed by atoms with Crippen LogP contribution in [0.3, 0.4) is 0 Å². The van der Waals surface area contributed by atoms with Gasteiger partial charge < -0.3 is 20.4 Å². The number of halogens is 4. The summed E-state index contributed by atoms with van der Waals surface area (Å²) in [5.41, 5.74) is 6.47. The van der Waals surface area contributed by atoms with Gasteiger partial charge in [-0.1, -0.05) is 12.1 Å². The minimum atomic E-state index is -4.69. The van der Waals surface area contributed by atoms with Gasteiger partial charge in [0.15, 0.2) is 5.96 Å². The summed E-state index contributed by atoms with van der Waals surface area (Å²) in [5.74, 6) is 0.0251. The summed E-state index contributed by atoms with van der Waals surface area (Å²) < 4.78 is 41.9. The molecule has 0 unspecified atom stereocenters. The molecule has 0 aliphatic carbocycles. The van der Waals surface area contributed by atoms with Gasteiger partial charge in [0.05, 0.1) is 12.9 Å². The normalized spacial score (nSPS) is 11.7. The van der Waals surface area contributed by atoms with Crippen LogP contribution in [0.1, 0.15) is 12.0 Å². The Morgan fingerprint density at radius 1 is 1.28 bits per heavy atom. The summed E-state index contributed by atoms with van der Waals surface area (Å²) in [6.45, 7) is 1.75. The van der Waals surface area contributed by atoms with Crippen molar-refractivity contribution in [2.45, 2.75) is 25.9 Å². The minimum absolute atomic E-state index is 0. The maximum absolute atomic E-state index is 12.1. The predicted octanol–water partition coefficient (Wildman–Crippen LogP) is 2.89. The number of alkyl halides is 3. The van der Waals surface area contributed by atoms with Crippen molar-refractivity contribution in [1.82, 2.24) is 14.9 Å².